The zero-order chi connectivity index (χ0) is 13.4. The smallest absolute Gasteiger partial charge is 0.308 e. The lowest BCUT2D eigenvalue weighted by Crippen LogP contribution is -2.01. The molecular formula is C14H12ClNO2S. The lowest BCUT2D eigenvalue weighted by Gasteiger charge is -1.98. The maximum atomic E-state index is 11.1. The van der Waals surface area contributed by atoms with Gasteiger partial charge in [0.25, 0.3) is 0 Å². The Labute approximate surface area is 120 Å². The summed E-state index contributed by atoms with van der Waals surface area (Å²) in [4.78, 5) is 15.8. The maximum absolute atomic E-state index is 11.1. The Balaban J connectivity index is 1.97. The molecule has 1 aliphatic rings. The fourth-order valence-corrected chi connectivity index (χ4v) is 3.03. The minimum absolute atomic E-state index is 0.298. The topological polar surface area (TPSA) is 39.2 Å². The van der Waals surface area contributed by atoms with Crippen molar-refractivity contribution in [2.45, 2.75) is 25.7 Å². The van der Waals surface area contributed by atoms with Gasteiger partial charge in [0, 0.05) is 23.4 Å². The van der Waals surface area contributed by atoms with Crippen LogP contribution in [-0.4, -0.2) is 11.0 Å². The van der Waals surface area contributed by atoms with Gasteiger partial charge in [0.15, 0.2) is 0 Å². The summed E-state index contributed by atoms with van der Waals surface area (Å²) in [5.74, 6) is 0.153. The Morgan fingerprint density at radius 1 is 1.37 bits per heavy atom. The molecule has 0 amide bonds. The summed E-state index contributed by atoms with van der Waals surface area (Å²) in [6, 6.07) is 7.52. The Hall–Kier alpha value is -1.39. The predicted molar refractivity (Wildman–Crippen MR) is 75.8 cm³/mol. The van der Waals surface area contributed by atoms with Crippen molar-refractivity contribution < 1.29 is 9.53 Å². The van der Waals surface area contributed by atoms with E-state index in [1.165, 1.54) is 18.3 Å². The van der Waals surface area contributed by atoms with E-state index in [4.69, 9.17) is 16.3 Å². The molecule has 5 heteroatoms. The number of hydrogen-bond acceptors (Lipinski definition) is 4. The second-order valence-electron chi connectivity index (χ2n) is 4.57. The molecule has 3 nitrogen and oxygen atoms in total. The molecule has 0 spiro atoms. The SMILES string of the molecule is CC(=O)Oc1sc(-c2ccc(Cl)cc2)nc1C1CC1. The number of carbonyl (C=O) groups excluding carboxylic acids is 1. The number of aromatic nitrogens is 1. The van der Waals surface area contributed by atoms with Crippen molar-refractivity contribution in [1.29, 1.82) is 0 Å². The van der Waals surface area contributed by atoms with Gasteiger partial charge in [-0.2, -0.15) is 0 Å². The number of benzene rings is 1. The molecule has 0 atom stereocenters. The molecule has 0 unspecified atom stereocenters. The molecule has 1 aromatic heterocycles. The summed E-state index contributed by atoms with van der Waals surface area (Å²) >= 11 is 7.30. The first-order valence-electron chi connectivity index (χ1n) is 6.08. The highest BCUT2D eigenvalue weighted by Gasteiger charge is 2.31. The third-order valence-electron chi connectivity index (χ3n) is 2.91. The number of rotatable bonds is 3. The van der Waals surface area contributed by atoms with Crippen molar-refractivity contribution in [3.63, 3.8) is 0 Å². The van der Waals surface area contributed by atoms with Gasteiger partial charge >= 0.3 is 5.97 Å². The van der Waals surface area contributed by atoms with E-state index in [0.29, 0.717) is 16.0 Å². The molecule has 3 rings (SSSR count). The van der Waals surface area contributed by atoms with Gasteiger partial charge in [0.2, 0.25) is 5.06 Å². The van der Waals surface area contributed by atoms with Gasteiger partial charge in [0.05, 0.1) is 5.69 Å². The van der Waals surface area contributed by atoms with Crippen molar-refractivity contribution in [2.75, 3.05) is 0 Å². The summed E-state index contributed by atoms with van der Waals surface area (Å²) < 4.78 is 5.26. The van der Waals surface area contributed by atoms with Gasteiger partial charge in [-0.25, -0.2) is 4.98 Å². The van der Waals surface area contributed by atoms with Crippen LogP contribution < -0.4 is 4.74 Å². The Bertz CT molecular complexity index is 617. The van der Waals surface area contributed by atoms with Crippen LogP contribution in [0, 0.1) is 0 Å². The quantitative estimate of drug-likeness (QED) is 0.794. The van der Waals surface area contributed by atoms with Crippen LogP contribution in [0.5, 0.6) is 5.06 Å². The Morgan fingerprint density at radius 2 is 2.05 bits per heavy atom. The van der Waals surface area contributed by atoms with Crippen LogP contribution in [0.2, 0.25) is 5.02 Å². The summed E-state index contributed by atoms with van der Waals surface area (Å²) in [7, 11) is 0. The van der Waals surface area contributed by atoms with Crippen LogP contribution in [-0.2, 0) is 4.79 Å². The second kappa shape index (κ2) is 4.94. The number of hydrogen-bond donors (Lipinski definition) is 0. The third kappa shape index (κ3) is 2.80. The molecule has 19 heavy (non-hydrogen) atoms. The van der Waals surface area contributed by atoms with Crippen LogP contribution in [0.4, 0.5) is 0 Å². The highest BCUT2D eigenvalue weighted by Crippen LogP contribution is 2.47. The van der Waals surface area contributed by atoms with Gasteiger partial charge in [-0.3, -0.25) is 4.79 Å². The van der Waals surface area contributed by atoms with Crippen molar-refractivity contribution in [3.05, 3.63) is 35.0 Å². The van der Waals surface area contributed by atoms with Crippen LogP contribution in [0.15, 0.2) is 24.3 Å². The van der Waals surface area contributed by atoms with E-state index >= 15 is 0 Å². The molecule has 1 saturated carbocycles. The molecule has 98 valence electrons. The first kappa shape index (κ1) is 12.6. The van der Waals surface area contributed by atoms with E-state index in [1.54, 1.807) is 0 Å². The fourth-order valence-electron chi connectivity index (χ4n) is 1.85. The van der Waals surface area contributed by atoms with Crippen LogP contribution in [0.1, 0.15) is 31.4 Å². The minimum atomic E-state index is -0.298. The van der Waals surface area contributed by atoms with Crippen LogP contribution >= 0.6 is 22.9 Å². The zero-order valence-corrected chi connectivity index (χ0v) is 11.9. The van der Waals surface area contributed by atoms with Crippen molar-refractivity contribution in [2.24, 2.45) is 0 Å². The standard InChI is InChI=1S/C14H12ClNO2S/c1-8(17)18-14-12(9-2-3-9)16-13(19-14)10-4-6-11(15)7-5-10/h4-7,9H,2-3H2,1H3. The molecule has 0 bridgehead atoms. The second-order valence-corrected chi connectivity index (χ2v) is 5.96. The first-order valence-corrected chi connectivity index (χ1v) is 7.28. The molecule has 1 heterocycles. The molecule has 0 saturated heterocycles. The number of nitrogens with zero attached hydrogens (tertiary/aromatic N) is 1. The highest BCUT2D eigenvalue weighted by atomic mass is 35.5. The summed E-state index contributed by atoms with van der Waals surface area (Å²) in [6.45, 7) is 1.42. The van der Waals surface area contributed by atoms with E-state index in [-0.39, 0.29) is 5.97 Å². The van der Waals surface area contributed by atoms with E-state index < -0.39 is 0 Å². The first-order chi connectivity index (χ1) is 9.13. The van der Waals surface area contributed by atoms with Crippen molar-refractivity contribution in [1.82, 2.24) is 4.98 Å². The normalized spacial score (nSPS) is 14.4. The largest absolute Gasteiger partial charge is 0.414 e. The van der Waals surface area contributed by atoms with Gasteiger partial charge in [-0.05, 0) is 25.0 Å². The Kier molecular flexibility index (Phi) is 3.29. The minimum Gasteiger partial charge on any atom is -0.414 e. The van der Waals surface area contributed by atoms with Crippen molar-refractivity contribution in [3.8, 4) is 15.6 Å². The predicted octanol–water partition coefficient (Wildman–Crippen LogP) is 4.27. The monoisotopic (exact) mass is 293 g/mol. The maximum Gasteiger partial charge on any atom is 0.308 e. The van der Waals surface area contributed by atoms with Gasteiger partial charge in [0.1, 0.15) is 5.01 Å². The molecule has 0 N–H and O–H groups in total. The molecule has 1 aliphatic carbocycles. The number of ether oxygens (including phenoxy) is 1. The molecule has 2 aromatic rings. The van der Waals surface area contributed by atoms with Gasteiger partial charge in [-0.15, -0.1) is 0 Å². The van der Waals surface area contributed by atoms with Crippen molar-refractivity contribution >= 4 is 28.9 Å². The fraction of sp³-hybridized carbons (Fsp3) is 0.286. The molecular weight excluding hydrogens is 282 g/mol. The van der Waals surface area contributed by atoms with Crippen LogP contribution in [0.25, 0.3) is 10.6 Å². The van der Waals surface area contributed by atoms with Gasteiger partial charge < -0.3 is 4.74 Å². The zero-order valence-electron chi connectivity index (χ0n) is 10.4. The molecule has 0 aliphatic heterocycles. The lowest BCUT2D eigenvalue weighted by molar-refractivity contribution is -0.131. The van der Waals surface area contributed by atoms with E-state index in [1.807, 2.05) is 24.3 Å². The lowest BCUT2D eigenvalue weighted by atomic mass is 10.2. The molecule has 0 radical (unpaired) electrons. The summed E-state index contributed by atoms with van der Waals surface area (Å²) in [5.41, 5.74) is 1.92. The summed E-state index contributed by atoms with van der Waals surface area (Å²) in [6.07, 6.45) is 2.25. The Morgan fingerprint density at radius 3 is 2.63 bits per heavy atom. The number of halogens is 1. The average Bonchev–Trinajstić information content (AvgIpc) is 3.12. The van der Waals surface area contributed by atoms with E-state index in [0.717, 1.165) is 29.1 Å². The van der Waals surface area contributed by atoms with Gasteiger partial charge in [-0.1, -0.05) is 35.1 Å². The number of thiazole rings is 1. The molecule has 1 aromatic carbocycles. The number of carbonyl (C=O) groups is 1. The van der Waals surface area contributed by atoms with E-state index in [9.17, 15) is 4.79 Å². The number of esters is 1. The highest BCUT2D eigenvalue weighted by molar-refractivity contribution is 7.17. The van der Waals surface area contributed by atoms with Crippen LogP contribution in [0.3, 0.4) is 0 Å². The molecule has 1 fully saturated rings. The third-order valence-corrected chi connectivity index (χ3v) is 4.16. The van der Waals surface area contributed by atoms with E-state index in [2.05, 4.69) is 4.98 Å². The summed E-state index contributed by atoms with van der Waals surface area (Å²) in [5, 5.41) is 2.21. The average molecular weight is 294 g/mol.